The van der Waals surface area contributed by atoms with Crippen molar-refractivity contribution < 1.29 is 17.9 Å². The molecule has 0 N–H and O–H groups in total. The highest BCUT2D eigenvalue weighted by atomic mass is 35.5. The first kappa shape index (κ1) is 21.8. The Morgan fingerprint density at radius 2 is 1.77 bits per heavy atom. The number of anilines is 1. The van der Waals surface area contributed by atoms with Crippen molar-refractivity contribution in [2.75, 3.05) is 23.0 Å². The zero-order chi connectivity index (χ0) is 21.5. The molecule has 11 heteroatoms. The second kappa shape index (κ2) is 8.59. The Morgan fingerprint density at radius 1 is 1.10 bits per heavy atom. The predicted molar refractivity (Wildman–Crippen MR) is 122 cm³/mol. The minimum atomic E-state index is -3.20. The van der Waals surface area contributed by atoms with Gasteiger partial charge in [0, 0.05) is 10.3 Å². The molecule has 2 aromatic rings. The van der Waals surface area contributed by atoms with Crippen LogP contribution in [-0.4, -0.2) is 48.9 Å². The van der Waals surface area contributed by atoms with Crippen LogP contribution in [0.2, 0.25) is 15.1 Å². The number of halogens is 3. The van der Waals surface area contributed by atoms with Gasteiger partial charge in [0.05, 0.1) is 33.3 Å². The number of rotatable bonds is 4. The third-order valence-electron chi connectivity index (χ3n) is 4.64. The molecule has 2 aromatic carbocycles. The summed E-state index contributed by atoms with van der Waals surface area (Å²) < 4.78 is 29.8. The Hall–Kier alpha value is -1.45. The van der Waals surface area contributed by atoms with E-state index >= 15 is 0 Å². The zero-order valence-electron chi connectivity index (χ0n) is 15.3. The van der Waals surface area contributed by atoms with Gasteiger partial charge >= 0.3 is 0 Å². The van der Waals surface area contributed by atoms with E-state index in [-0.39, 0.29) is 23.4 Å². The van der Waals surface area contributed by atoms with E-state index in [0.717, 1.165) is 0 Å². The summed E-state index contributed by atoms with van der Waals surface area (Å²) in [5, 5.41) is 1.37. The number of thioether (sulfide) groups is 1. The molecule has 2 fully saturated rings. The van der Waals surface area contributed by atoms with Crippen molar-refractivity contribution in [1.29, 1.82) is 0 Å². The summed E-state index contributed by atoms with van der Waals surface area (Å²) in [5.41, 5.74) is 0.447. The van der Waals surface area contributed by atoms with Gasteiger partial charge in [0.15, 0.2) is 21.6 Å². The van der Waals surface area contributed by atoms with Crippen LogP contribution in [0, 0.1) is 0 Å². The van der Waals surface area contributed by atoms with Crippen LogP contribution in [-0.2, 0) is 14.6 Å². The van der Waals surface area contributed by atoms with Crippen LogP contribution in [0.5, 0.6) is 5.75 Å². The monoisotopic (exact) mass is 504 g/mol. The average Bonchev–Trinajstić information content (AvgIpc) is 3.13. The molecule has 2 saturated heterocycles. The molecule has 2 heterocycles. The third-order valence-corrected chi connectivity index (χ3v) is 8.71. The number of sulfone groups is 1. The number of hydrogen-bond donors (Lipinski definition) is 0. The molecule has 1 amide bonds. The minimum absolute atomic E-state index is 0.00932. The van der Waals surface area contributed by atoms with Crippen LogP contribution < -0.4 is 9.64 Å². The zero-order valence-corrected chi connectivity index (χ0v) is 19.2. The number of para-hydroxylation sites is 1. The summed E-state index contributed by atoms with van der Waals surface area (Å²) in [5.74, 6) is -0.0692. The molecular formula is C19H15Cl3N2O4S2. The molecule has 2 atom stereocenters. The Morgan fingerprint density at radius 3 is 2.43 bits per heavy atom. The molecule has 0 aromatic heterocycles. The number of carbonyl (C=O) groups excluding carboxylic acids is 1. The maximum absolute atomic E-state index is 12.5. The molecule has 2 aliphatic rings. The maximum Gasteiger partial charge on any atom is 0.285 e. The molecule has 4 rings (SSSR count). The van der Waals surface area contributed by atoms with Gasteiger partial charge in [-0.1, -0.05) is 52.6 Å². The van der Waals surface area contributed by atoms with Crippen LogP contribution in [0.25, 0.3) is 0 Å². The van der Waals surface area contributed by atoms with Crippen molar-refractivity contribution in [3.8, 4) is 5.75 Å². The normalized spacial score (nSPS) is 23.6. The minimum Gasteiger partial charge on any atom is -0.484 e. The van der Waals surface area contributed by atoms with Crippen LogP contribution in [0.4, 0.5) is 5.69 Å². The van der Waals surface area contributed by atoms with Crippen molar-refractivity contribution in [3.63, 3.8) is 0 Å². The number of aliphatic imine (C=N–C) groups is 1. The van der Waals surface area contributed by atoms with Crippen molar-refractivity contribution in [2.45, 2.75) is 11.3 Å². The predicted octanol–water partition coefficient (Wildman–Crippen LogP) is 4.33. The van der Waals surface area contributed by atoms with Crippen LogP contribution in [0.1, 0.15) is 0 Å². The molecule has 0 aliphatic carbocycles. The van der Waals surface area contributed by atoms with Gasteiger partial charge in [-0.2, -0.15) is 4.99 Å². The van der Waals surface area contributed by atoms with Crippen molar-refractivity contribution in [2.24, 2.45) is 4.99 Å². The van der Waals surface area contributed by atoms with Gasteiger partial charge < -0.3 is 9.64 Å². The van der Waals surface area contributed by atoms with E-state index in [2.05, 4.69) is 4.99 Å². The number of hydrogen-bond acceptors (Lipinski definition) is 5. The Bertz CT molecular complexity index is 1100. The maximum atomic E-state index is 12.5. The fraction of sp³-hybridized carbons (Fsp3) is 0.263. The molecule has 2 aliphatic heterocycles. The topological polar surface area (TPSA) is 76.0 Å². The van der Waals surface area contributed by atoms with Crippen LogP contribution in [0.15, 0.2) is 47.5 Å². The molecule has 0 spiro atoms. The number of amidine groups is 1. The third kappa shape index (κ3) is 4.57. The Balaban J connectivity index is 1.60. The van der Waals surface area contributed by atoms with Gasteiger partial charge in [-0.15, -0.1) is 0 Å². The molecule has 158 valence electrons. The van der Waals surface area contributed by atoms with E-state index in [4.69, 9.17) is 39.5 Å². The van der Waals surface area contributed by atoms with Gasteiger partial charge in [0.1, 0.15) is 5.75 Å². The van der Waals surface area contributed by atoms with E-state index in [0.29, 0.717) is 31.7 Å². The Kier molecular flexibility index (Phi) is 6.23. The lowest BCUT2D eigenvalue weighted by Gasteiger charge is -2.26. The van der Waals surface area contributed by atoms with Crippen molar-refractivity contribution >= 4 is 73.2 Å². The summed E-state index contributed by atoms with van der Waals surface area (Å²) in [6, 6.07) is 11.2. The lowest BCUT2D eigenvalue weighted by Crippen LogP contribution is -2.38. The first-order valence-electron chi connectivity index (χ1n) is 8.84. The molecular weight excluding hydrogens is 491 g/mol. The van der Waals surface area contributed by atoms with Crippen LogP contribution >= 0.6 is 46.6 Å². The number of amides is 1. The highest BCUT2D eigenvalue weighted by Crippen LogP contribution is 2.45. The molecule has 0 unspecified atom stereocenters. The van der Waals surface area contributed by atoms with E-state index in [1.54, 1.807) is 47.4 Å². The summed E-state index contributed by atoms with van der Waals surface area (Å²) in [4.78, 5) is 18.3. The molecule has 6 nitrogen and oxygen atoms in total. The van der Waals surface area contributed by atoms with Gasteiger partial charge in [-0.05, 0) is 36.4 Å². The summed E-state index contributed by atoms with van der Waals surface area (Å²) in [6.07, 6.45) is 0. The first-order chi connectivity index (χ1) is 14.2. The van der Waals surface area contributed by atoms with Crippen molar-refractivity contribution in [3.05, 3.63) is 57.5 Å². The smallest absolute Gasteiger partial charge is 0.285 e. The molecule has 0 radical (unpaired) electrons. The summed E-state index contributed by atoms with van der Waals surface area (Å²) >= 11 is 19.8. The quantitative estimate of drug-likeness (QED) is 0.616. The van der Waals surface area contributed by atoms with Crippen molar-refractivity contribution in [1.82, 2.24) is 0 Å². The summed E-state index contributed by atoms with van der Waals surface area (Å²) in [7, 11) is -3.20. The van der Waals surface area contributed by atoms with Crippen LogP contribution in [0.3, 0.4) is 0 Å². The first-order valence-corrected chi connectivity index (χ1v) is 12.7. The van der Waals surface area contributed by atoms with Gasteiger partial charge in [-0.25, -0.2) is 8.42 Å². The highest BCUT2D eigenvalue weighted by molar-refractivity contribution is 8.16. The van der Waals surface area contributed by atoms with E-state index < -0.39 is 21.8 Å². The fourth-order valence-electron chi connectivity index (χ4n) is 3.36. The highest BCUT2D eigenvalue weighted by Gasteiger charge is 2.50. The lowest BCUT2D eigenvalue weighted by atomic mass is 10.2. The molecule has 0 saturated carbocycles. The number of nitrogens with zero attached hydrogens (tertiary/aromatic N) is 2. The average molecular weight is 506 g/mol. The SMILES string of the molecule is O=C(COc1ccc(Cl)cc1)N=C1S[C@H]2CS(=O)(=O)C[C@H]2N1c1c(Cl)cccc1Cl. The standard InChI is InChI=1S/C19H15Cl3N2O4S2/c20-11-4-6-12(7-5-11)28-8-17(25)23-19-24(18-13(21)2-1-3-14(18)22)15-9-30(26,27)10-16(15)29-19/h1-7,15-16H,8-10H2/t15-,16+/m1/s1. The largest absolute Gasteiger partial charge is 0.484 e. The van der Waals surface area contributed by atoms with E-state index in [9.17, 15) is 13.2 Å². The number of ether oxygens (including phenoxy) is 1. The lowest BCUT2D eigenvalue weighted by molar-refractivity contribution is -0.119. The second-order valence-corrected chi connectivity index (χ2v) is 11.4. The van der Waals surface area contributed by atoms with Gasteiger partial charge in [0.2, 0.25) is 0 Å². The van der Waals surface area contributed by atoms with Gasteiger partial charge in [-0.3, -0.25) is 4.79 Å². The number of carbonyl (C=O) groups is 1. The fourth-order valence-corrected chi connectivity index (χ4v) is 7.98. The van der Waals surface area contributed by atoms with E-state index in [1.165, 1.54) is 11.8 Å². The number of benzene rings is 2. The van der Waals surface area contributed by atoms with E-state index in [1.807, 2.05) is 0 Å². The molecule has 0 bridgehead atoms. The van der Waals surface area contributed by atoms with Gasteiger partial charge in [0.25, 0.3) is 5.91 Å². The molecule has 30 heavy (non-hydrogen) atoms. The summed E-state index contributed by atoms with van der Waals surface area (Å²) in [6.45, 7) is -0.274. The Labute approximate surface area is 193 Å². The second-order valence-electron chi connectivity index (χ2n) is 6.77. The number of fused-ring (bicyclic) bond motifs is 1.